The van der Waals surface area contributed by atoms with Crippen molar-refractivity contribution in [1.82, 2.24) is 15.6 Å². The number of rotatable bonds is 6. The molecule has 3 rings (SSSR count). The lowest BCUT2D eigenvalue weighted by atomic mass is 10.2. The Morgan fingerprint density at radius 2 is 2.19 bits per heavy atom. The number of aliphatic imine (C=N–C) groups is 1. The maximum Gasteiger partial charge on any atom is 0.221 e. The predicted octanol–water partition coefficient (Wildman–Crippen LogP) is 3.26. The number of nitrogens with zero attached hydrogens (tertiary/aromatic N) is 3. The van der Waals surface area contributed by atoms with Crippen LogP contribution >= 0.6 is 35.6 Å². The van der Waals surface area contributed by atoms with E-state index in [2.05, 4.69) is 30.8 Å². The van der Waals surface area contributed by atoms with Crippen molar-refractivity contribution in [2.24, 2.45) is 4.99 Å². The van der Waals surface area contributed by atoms with Crippen LogP contribution in [0.2, 0.25) is 5.02 Å². The van der Waals surface area contributed by atoms with E-state index in [0.717, 1.165) is 30.9 Å². The van der Waals surface area contributed by atoms with Crippen LogP contribution in [0.25, 0.3) is 0 Å². The number of methoxy groups -OCH3 is 1. The Morgan fingerprint density at radius 3 is 2.87 bits per heavy atom. The molecule has 1 atom stereocenters. The Morgan fingerprint density at radius 1 is 1.39 bits per heavy atom. The molecule has 0 aliphatic carbocycles. The van der Waals surface area contributed by atoms with Gasteiger partial charge in [-0.1, -0.05) is 17.7 Å². The fourth-order valence-electron chi connectivity index (χ4n) is 3.41. The van der Waals surface area contributed by atoms with Crippen molar-refractivity contribution in [2.75, 3.05) is 37.5 Å². The van der Waals surface area contributed by atoms with E-state index < -0.39 is 0 Å². The van der Waals surface area contributed by atoms with Gasteiger partial charge in [0.15, 0.2) is 5.96 Å². The molecule has 0 spiro atoms. The number of guanidine groups is 1. The molecule has 1 saturated heterocycles. The van der Waals surface area contributed by atoms with Crippen molar-refractivity contribution < 1.29 is 9.53 Å². The number of ether oxygens (including phenoxy) is 1. The van der Waals surface area contributed by atoms with Gasteiger partial charge in [0.05, 0.1) is 17.8 Å². The van der Waals surface area contributed by atoms with Gasteiger partial charge in [-0.2, -0.15) is 0 Å². The van der Waals surface area contributed by atoms with Crippen molar-refractivity contribution in [3.05, 3.63) is 47.1 Å². The molecule has 1 aromatic carbocycles. The van der Waals surface area contributed by atoms with E-state index in [0.29, 0.717) is 29.0 Å². The van der Waals surface area contributed by atoms with Gasteiger partial charge in [0.1, 0.15) is 11.6 Å². The zero-order valence-electron chi connectivity index (χ0n) is 17.8. The Kier molecular flexibility index (Phi) is 9.63. The number of amides is 1. The molecule has 1 amide bonds. The van der Waals surface area contributed by atoms with Crippen LogP contribution in [0.4, 0.5) is 11.5 Å². The molecule has 3 N–H and O–H groups in total. The van der Waals surface area contributed by atoms with E-state index in [4.69, 9.17) is 16.3 Å². The first-order valence-corrected chi connectivity index (χ1v) is 10.1. The Hall–Kier alpha value is -2.27. The minimum absolute atomic E-state index is 0. The van der Waals surface area contributed by atoms with Crippen LogP contribution in [0.5, 0.6) is 5.75 Å². The van der Waals surface area contributed by atoms with Crippen molar-refractivity contribution in [1.29, 1.82) is 0 Å². The molecule has 2 aromatic rings. The van der Waals surface area contributed by atoms with E-state index in [9.17, 15) is 4.79 Å². The number of pyridine rings is 1. The average Bonchev–Trinajstić information content (AvgIpc) is 3.19. The number of benzene rings is 1. The normalized spacial score (nSPS) is 15.8. The van der Waals surface area contributed by atoms with E-state index in [-0.39, 0.29) is 35.9 Å². The van der Waals surface area contributed by atoms with Crippen LogP contribution in [-0.2, 0) is 11.3 Å². The largest absolute Gasteiger partial charge is 0.495 e. The van der Waals surface area contributed by atoms with Crippen LogP contribution in [0.3, 0.4) is 0 Å². The predicted molar refractivity (Wildman–Crippen MR) is 136 cm³/mol. The number of anilines is 2. The van der Waals surface area contributed by atoms with Crippen molar-refractivity contribution >= 4 is 58.9 Å². The summed E-state index contributed by atoms with van der Waals surface area (Å²) in [5.41, 5.74) is 1.64. The number of halogens is 2. The molecule has 1 aliphatic heterocycles. The minimum atomic E-state index is -0.144. The molecular formula is C21H28ClIN6O2. The van der Waals surface area contributed by atoms with Gasteiger partial charge in [-0.25, -0.2) is 4.98 Å². The van der Waals surface area contributed by atoms with E-state index >= 15 is 0 Å². The summed E-state index contributed by atoms with van der Waals surface area (Å²) >= 11 is 6.27. The lowest BCUT2D eigenvalue weighted by molar-refractivity contribution is -0.114. The highest BCUT2D eigenvalue weighted by Crippen LogP contribution is 2.26. The lowest BCUT2D eigenvalue weighted by Gasteiger charge is -2.20. The number of hydrogen-bond acceptors (Lipinski definition) is 5. The lowest BCUT2D eigenvalue weighted by Crippen LogP contribution is -2.44. The van der Waals surface area contributed by atoms with Gasteiger partial charge >= 0.3 is 0 Å². The van der Waals surface area contributed by atoms with Gasteiger partial charge in [0.2, 0.25) is 5.91 Å². The molecule has 2 heterocycles. The van der Waals surface area contributed by atoms with Crippen LogP contribution in [0, 0.1) is 0 Å². The third kappa shape index (κ3) is 6.86. The Balaban J connectivity index is 0.00000341. The molecule has 1 aromatic heterocycles. The maximum absolute atomic E-state index is 11.4. The number of nitrogens with one attached hydrogen (secondary N) is 3. The van der Waals surface area contributed by atoms with Gasteiger partial charge in [-0.3, -0.25) is 9.79 Å². The molecule has 1 unspecified atom stereocenters. The van der Waals surface area contributed by atoms with Gasteiger partial charge in [-0.15, -0.1) is 24.0 Å². The van der Waals surface area contributed by atoms with Crippen LogP contribution in [0.15, 0.2) is 41.5 Å². The summed E-state index contributed by atoms with van der Waals surface area (Å²) in [7, 11) is 3.32. The summed E-state index contributed by atoms with van der Waals surface area (Å²) in [6, 6.07) is 9.60. The fraction of sp³-hybridized carbons (Fsp3) is 0.381. The minimum Gasteiger partial charge on any atom is -0.495 e. The summed E-state index contributed by atoms with van der Waals surface area (Å²) in [4.78, 5) is 22.3. The zero-order valence-corrected chi connectivity index (χ0v) is 20.9. The topological polar surface area (TPSA) is 90.9 Å². The van der Waals surface area contributed by atoms with Gasteiger partial charge in [0, 0.05) is 45.8 Å². The van der Waals surface area contributed by atoms with Crippen LogP contribution < -0.4 is 25.6 Å². The van der Waals surface area contributed by atoms with Crippen molar-refractivity contribution in [3.8, 4) is 5.75 Å². The van der Waals surface area contributed by atoms with Crippen molar-refractivity contribution in [2.45, 2.75) is 25.9 Å². The van der Waals surface area contributed by atoms with Crippen molar-refractivity contribution in [3.63, 3.8) is 0 Å². The highest BCUT2D eigenvalue weighted by atomic mass is 127. The van der Waals surface area contributed by atoms with E-state index in [1.54, 1.807) is 20.4 Å². The van der Waals surface area contributed by atoms with E-state index in [1.807, 2.05) is 30.3 Å². The number of carbonyl (C=O) groups is 1. The number of hydrogen-bond donors (Lipinski definition) is 3. The first-order valence-electron chi connectivity index (χ1n) is 9.77. The summed E-state index contributed by atoms with van der Waals surface area (Å²) in [6.45, 7) is 3.70. The summed E-state index contributed by atoms with van der Waals surface area (Å²) in [5.74, 6) is 2.01. The molecule has 168 valence electrons. The third-order valence-corrected chi connectivity index (χ3v) is 5.12. The second-order valence-electron chi connectivity index (χ2n) is 7.03. The molecule has 8 nitrogen and oxygen atoms in total. The van der Waals surface area contributed by atoms with Gasteiger partial charge in [0.25, 0.3) is 0 Å². The molecule has 0 radical (unpaired) electrons. The molecule has 10 heteroatoms. The second-order valence-corrected chi connectivity index (χ2v) is 7.43. The first-order chi connectivity index (χ1) is 14.5. The zero-order chi connectivity index (χ0) is 21.5. The Bertz CT molecular complexity index is 926. The quantitative estimate of drug-likeness (QED) is 0.287. The number of aromatic nitrogens is 1. The highest BCUT2D eigenvalue weighted by molar-refractivity contribution is 14.0. The molecule has 1 fully saturated rings. The Labute approximate surface area is 204 Å². The maximum atomic E-state index is 11.4. The summed E-state index contributed by atoms with van der Waals surface area (Å²) in [6.07, 6.45) is 2.72. The molecule has 0 saturated carbocycles. The van der Waals surface area contributed by atoms with E-state index in [1.165, 1.54) is 6.92 Å². The van der Waals surface area contributed by atoms with Crippen LogP contribution in [0.1, 0.15) is 18.9 Å². The highest BCUT2D eigenvalue weighted by Gasteiger charge is 2.25. The summed E-state index contributed by atoms with van der Waals surface area (Å²) in [5, 5.41) is 10.2. The first kappa shape index (κ1) is 25.0. The molecule has 0 bridgehead atoms. The fourth-order valence-corrected chi connectivity index (χ4v) is 3.65. The second kappa shape index (κ2) is 11.9. The van der Waals surface area contributed by atoms with Gasteiger partial charge in [-0.05, 0) is 36.2 Å². The standard InChI is InChI=1S/C21H27ClN6O2.HI/c1-14(29)26-18-11-15(6-7-19(18)30-3)12-25-21(23-2)27-16-8-10-28(13-16)20-17(22)5-4-9-24-20;/h4-7,9,11,16H,8,10,12-13H2,1-3H3,(H,26,29)(H2,23,25,27);1H. The van der Waals surface area contributed by atoms with Crippen LogP contribution in [-0.4, -0.2) is 50.1 Å². The molecule has 1 aliphatic rings. The summed E-state index contributed by atoms with van der Waals surface area (Å²) < 4.78 is 5.30. The average molecular weight is 559 g/mol. The third-order valence-electron chi connectivity index (χ3n) is 4.83. The number of carbonyl (C=O) groups excluding carboxylic acids is 1. The smallest absolute Gasteiger partial charge is 0.221 e. The SMILES string of the molecule is CN=C(NCc1ccc(OC)c(NC(C)=O)c1)NC1CCN(c2ncccc2Cl)C1.I. The molecular weight excluding hydrogens is 531 g/mol. The molecule has 31 heavy (non-hydrogen) atoms. The van der Waals surface area contributed by atoms with Gasteiger partial charge < -0.3 is 25.6 Å². The monoisotopic (exact) mass is 558 g/mol.